The van der Waals surface area contributed by atoms with Crippen LogP contribution in [0.3, 0.4) is 0 Å². The normalized spacial score (nSPS) is 10.5. The Labute approximate surface area is 151 Å². The number of hydrogen-bond donors (Lipinski definition) is 0. The summed E-state index contributed by atoms with van der Waals surface area (Å²) in [6.07, 6.45) is 3.23. The number of hydrogen-bond acceptors (Lipinski definition) is 5. The Bertz CT molecular complexity index is 751. The lowest BCUT2D eigenvalue weighted by atomic mass is 10.2. The summed E-state index contributed by atoms with van der Waals surface area (Å²) in [6.45, 7) is -0.140. The fourth-order valence-corrected chi connectivity index (χ4v) is 1.98. The molecule has 5 nitrogen and oxygen atoms in total. The SMILES string of the molecule is COC(=O)/C=C/c1ccc(OC(=O)c2ccc(OCCCF)cc2)cc1. The highest BCUT2D eigenvalue weighted by atomic mass is 19.1. The topological polar surface area (TPSA) is 61.8 Å². The standard InChI is InChI=1S/C20H19FO5/c1-24-19(22)12-5-15-3-8-18(9-4-15)26-20(23)16-6-10-17(11-7-16)25-14-2-13-21/h3-12H,2,13-14H2,1H3/b12-5+. The monoisotopic (exact) mass is 358 g/mol. The number of ether oxygens (including phenoxy) is 3. The summed E-state index contributed by atoms with van der Waals surface area (Å²) in [5, 5.41) is 0. The Kier molecular flexibility index (Phi) is 7.36. The molecule has 0 aliphatic heterocycles. The van der Waals surface area contributed by atoms with Gasteiger partial charge in [-0.15, -0.1) is 0 Å². The predicted octanol–water partition coefficient (Wildman–Crippen LogP) is 3.83. The van der Waals surface area contributed by atoms with E-state index in [9.17, 15) is 14.0 Å². The van der Waals surface area contributed by atoms with Crippen LogP contribution in [-0.2, 0) is 9.53 Å². The molecular formula is C20H19FO5. The van der Waals surface area contributed by atoms with E-state index >= 15 is 0 Å². The van der Waals surface area contributed by atoms with Gasteiger partial charge in [-0.1, -0.05) is 12.1 Å². The maximum absolute atomic E-state index is 12.1. The van der Waals surface area contributed by atoms with Crippen LogP contribution in [0, 0.1) is 0 Å². The van der Waals surface area contributed by atoms with E-state index in [0.717, 1.165) is 5.56 Å². The fraction of sp³-hybridized carbons (Fsp3) is 0.200. The molecule has 2 aromatic carbocycles. The Morgan fingerprint density at radius 1 is 1.00 bits per heavy atom. The van der Waals surface area contributed by atoms with Gasteiger partial charge in [0.1, 0.15) is 11.5 Å². The third-order valence-corrected chi connectivity index (χ3v) is 3.34. The van der Waals surface area contributed by atoms with Crippen LogP contribution in [0.1, 0.15) is 22.3 Å². The van der Waals surface area contributed by atoms with E-state index in [1.807, 2.05) is 0 Å². The van der Waals surface area contributed by atoms with Gasteiger partial charge in [0.2, 0.25) is 0 Å². The first kappa shape index (κ1) is 19.2. The van der Waals surface area contributed by atoms with Gasteiger partial charge in [0, 0.05) is 12.5 Å². The highest BCUT2D eigenvalue weighted by Gasteiger charge is 2.09. The molecule has 0 amide bonds. The first-order valence-corrected chi connectivity index (χ1v) is 7.99. The lowest BCUT2D eigenvalue weighted by molar-refractivity contribution is -0.134. The van der Waals surface area contributed by atoms with E-state index in [1.54, 1.807) is 54.6 Å². The zero-order chi connectivity index (χ0) is 18.8. The zero-order valence-corrected chi connectivity index (χ0v) is 14.3. The molecule has 2 rings (SSSR count). The Morgan fingerprint density at radius 3 is 2.27 bits per heavy atom. The van der Waals surface area contributed by atoms with E-state index in [1.165, 1.54) is 13.2 Å². The van der Waals surface area contributed by atoms with Crippen molar-refractivity contribution in [1.29, 1.82) is 0 Å². The van der Waals surface area contributed by atoms with Crippen molar-refractivity contribution in [2.75, 3.05) is 20.4 Å². The van der Waals surface area contributed by atoms with Crippen molar-refractivity contribution in [3.63, 3.8) is 0 Å². The summed E-state index contributed by atoms with van der Waals surface area (Å²) in [7, 11) is 1.30. The van der Waals surface area contributed by atoms with Gasteiger partial charge < -0.3 is 14.2 Å². The summed E-state index contributed by atoms with van der Waals surface area (Å²) in [5.74, 6) is 0.000947. The van der Waals surface area contributed by atoms with E-state index in [4.69, 9.17) is 9.47 Å². The smallest absolute Gasteiger partial charge is 0.343 e. The van der Waals surface area contributed by atoms with Gasteiger partial charge >= 0.3 is 11.9 Å². The third kappa shape index (κ3) is 6.05. The van der Waals surface area contributed by atoms with Gasteiger partial charge in [0.05, 0.1) is 26.0 Å². The highest BCUT2D eigenvalue weighted by Crippen LogP contribution is 2.17. The number of rotatable bonds is 8. The van der Waals surface area contributed by atoms with Crippen LogP contribution in [-0.4, -0.2) is 32.3 Å². The molecule has 136 valence electrons. The molecule has 0 radical (unpaired) electrons. The quantitative estimate of drug-likeness (QED) is 0.311. The summed E-state index contributed by atoms with van der Waals surface area (Å²) < 4.78 is 27.2. The van der Waals surface area contributed by atoms with Crippen LogP contribution in [0.5, 0.6) is 11.5 Å². The number of alkyl halides is 1. The van der Waals surface area contributed by atoms with Gasteiger partial charge in [0.25, 0.3) is 0 Å². The van der Waals surface area contributed by atoms with Crippen molar-refractivity contribution in [1.82, 2.24) is 0 Å². The molecule has 0 saturated carbocycles. The fourth-order valence-electron chi connectivity index (χ4n) is 1.98. The van der Waals surface area contributed by atoms with Crippen molar-refractivity contribution in [3.05, 3.63) is 65.7 Å². The number of carbonyl (C=O) groups excluding carboxylic acids is 2. The van der Waals surface area contributed by atoms with Crippen molar-refractivity contribution < 1.29 is 28.2 Å². The number of esters is 2. The molecule has 2 aromatic rings. The lowest BCUT2D eigenvalue weighted by Crippen LogP contribution is -2.08. The van der Waals surface area contributed by atoms with Crippen molar-refractivity contribution in [3.8, 4) is 11.5 Å². The van der Waals surface area contributed by atoms with Crippen LogP contribution in [0.25, 0.3) is 6.08 Å². The Morgan fingerprint density at radius 2 is 1.65 bits per heavy atom. The molecule has 0 N–H and O–H groups in total. The number of methoxy groups -OCH3 is 1. The molecule has 0 atom stereocenters. The average molecular weight is 358 g/mol. The molecule has 0 fully saturated rings. The van der Waals surface area contributed by atoms with Crippen molar-refractivity contribution >= 4 is 18.0 Å². The second-order valence-corrected chi connectivity index (χ2v) is 5.23. The van der Waals surface area contributed by atoms with Crippen LogP contribution >= 0.6 is 0 Å². The third-order valence-electron chi connectivity index (χ3n) is 3.34. The highest BCUT2D eigenvalue weighted by molar-refractivity contribution is 5.91. The molecule has 0 bridgehead atoms. The van der Waals surface area contributed by atoms with Crippen LogP contribution in [0.4, 0.5) is 4.39 Å². The Balaban J connectivity index is 1.92. The molecule has 26 heavy (non-hydrogen) atoms. The maximum Gasteiger partial charge on any atom is 0.343 e. The molecule has 0 spiro atoms. The second kappa shape index (κ2) is 9.98. The molecule has 0 heterocycles. The van der Waals surface area contributed by atoms with Gasteiger partial charge in [-0.2, -0.15) is 0 Å². The van der Waals surface area contributed by atoms with Gasteiger partial charge in [-0.3, -0.25) is 4.39 Å². The summed E-state index contributed by atoms with van der Waals surface area (Å²) >= 11 is 0. The van der Waals surface area contributed by atoms with Crippen molar-refractivity contribution in [2.24, 2.45) is 0 Å². The minimum absolute atomic E-state index is 0.289. The van der Waals surface area contributed by atoms with Gasteiger partial charge in [-0.25, -0.2) is 9.59 Å². The van der Waals surface area contributed by atoms with E-state index < -0.39 is 18.6 Å². The zero-order valence-electron chi connectivity index (χ0n) is 14.3. The van der Waals surface area contributed by atoms with E-state index in [0.29, 0.717) is 23.5 Å². The lowest BCUT2D eigenvalue weighted by Gasteiger charge is -2.07. The van der Waals surface area contributed by atoms with E-state index in [2.05, 4.69) is 4.74 Å². The summed E-state index contributed by atoms with van der Waals surface area (Å²) in [6, 6.07) is 13.1. The predicted molar refractivity (Wildman–Crippen MR) is 95.0 cm³/mol. The minimum Gasteiger partial charge on any atom is -0.493 e. The number of halogens is 1. The maximum atomic E-state index is 12.1. The molecule has 0 aromatic heterocycles. The molecule has 0 aliphatic carbocycles. The number of carbonyl (C=O) groups is 2. The minimum atomic E-state index is -0.502. The van der Waals surface area contributed by atoms with Gasteiger partial charge in [-0.05, 0) is 48.0 Å². The first-order valence-electron chi connectivity index (χ1n) is 7.99. The summed E-state index contributed by atoms with van der Waals surface area (Å²) in [5.41, 5.74) is 1.14. The number of benzene rings is 2. The summed E-state index contributed by atoms with van der Waals surface area (Å²) in [4.78, 5) is 23.2. The van der Waals surface area contributed by atoms with Crippen LogP contribution in [0.2, 0.25) is 0 Å². The molecule has 0 aliphatic rings. The van der Waals surface area contributed by atoms with Crippen LogP contribution < -0.4 is 9.47 Å². The molecule has 0 unspecified atom stereocenters. The second-order valence-electron chi connectivity index (χ2n) is 5.23. The Hall–Kier alpha value is -3.15. The van der Waals surface area contributed by atoms with Crippen LogP contribution in [0.15, 0.2) is 54.6 Å². The largest absolute Gasteiger partial charge is 0.493 e. The molecular weight excluding hydrogens is 339 g/mol. The molecule has 0 saturated heterocycles. The average Bonchev–Trinajstić information content (AvgIpc) is 2.68. The first-order chi connectivity index (χ1) is 12.6. The van der Waals surface area contributed by atoms with Crippen molar-refractivity contribution in [2.45, 2.75) is 6.42 Å². The van der Waals surface area contributed by atoms with Gasteiger partial charge in [0.15, 0.2) is 0 Å². The van der Waals surface area contributed by atoms with E-state index in [-0.39, 0.29) is 6.61 Å². The molecule has 6 heteroatoms.